The lowest BCUT2D eigenvalue weighted by Crippen LogP contribution is -2.42. The first-order chi connectivity index (χ1) is 17.5. The molecule has 1 aliphatic rings. The Hall–Kier alpha value is -3.85. The van der Waals surface area contributed by atoms with Crippen LogP contribution in [0.2, 0.25) is 0 Å². The van der Waals surface area contributed by atoms with Crippen molar-refractivity contribution in [3.8, 4) is 17.3 Å². The van der Waals surface area contributed by atoms with Gasteiger partial charge in [0.25, 0.3) is 0 Å². The summed E-state index contributed by atoms with van der Waals surface area (Å²) in [5.41, 5.74) is 7.00. The molecule has 2 heterocycles. The molecule has 1 aromatic heterocycles. The number of hydrogen-bond donors (Lipinski definition) is 1. The number of imidazole rings is 1. The number of aromatic nitrogens is 2. The summed E-state index contributed by atoms with van der Waals surface area (Å²) in [7, 11) is 0. The molecule has 0 saturated carbocycles. The normalized spacial score (nSPS) is 14.3. The first-order valence-electron chi connectivity index (χ1n) is 11.3. The highest BCUT2D eigenvalue weighted by Gasteiger charge is 2.40. The number of carbonyl (C=O) groups excluding carboxylic acids is 1. The van der Waals surface area contributed by atoms with Crippen molar-refractivity contribution in [3.63, 3.8) is 0 Å². The Balaban J connectivity index is 1.56. The SMILES string of the molecule is N#CCc1cccc(-c2nc(C(F)(F)F)n3c2CN(C(=O)C[C@H](N)Cc2cc(F)c(F)cc2F)CC3)c1. The van der Waals surface area contributed by atoms with Gasteiger partial charge in [-0.2, -0.15) is 18.4 Å². The number of fused-ring (bicyclic) bond motifs is 1. The van der Waals surface area contributed by atoms with Crippen molar-refractivity contribution in [2.75, 3.05) is 6.54 Å². The van der Waals surface area contributed by atoms with E-state index in [1.807, 2.05) is 6.07 Å². The molecule has 0 aliphatic carbocycles. The van der Waals surface area contributed by atoms with Crippen molar-refractivity contribution in [1.29, 1.82) is 5.26 Å². The van der Waals surface area contributed by atoms with Crippen LogP contribution in [-0.4, -0.2) is 32.9 Å². The number of benzene rings is 2. The maximum absolute atomic E-state index is 14.0. The topological polar surface area (TPSA) is 87.9 Å². The maximum atomic E-state index is 14.0. The Morgan fingerprint density at radius 1 is 1.11 bits per heavy atom. The number of carbonyl (C=O) groups is 1. The van der Waals surface area contributed by atoms with E-state index in [1.54, 1.807) is 24.3 Å². The Kier molecular flexibility index (Phi) is 7.27. The van der Waals surface area contributed by atoms with Crippen molar-refractivity contribution in [1.82, 2.24) is 14.5 Å². The fourth-order valence-electron chi connectivity index (χ4n) is 4.38. The van der Waals surface area contributed by atoms with Crippen LogP contribution < -0.4 is 5.73 Å². The lowest BCUT2D eigenvalue weighted by Gasteiger charge is -2.30. The van der Waals surface area contributed by atoms with E-state index in [4.69, 9.17) is 11.0 Å². The number of nitrogens with zero attached hydrogens (tertiary/aromatic N) is 4. The quantitative estimate of drug-likeness (QED) is 0.386. The average Bonchev–Trinajstić information content (AvgIpc) is 3.22. The summed E-state index contributed by atoms with van der Waals surface area (Å²) in [5, 5.41) is 8.96. The number of nitrogens with two attached hydrogens (primary N) is 1. The lowest BCUT2D eigenvalue weighted by atomic mass is 10.0. The number of hydrogen-bond acceptors (Lipinski definition) is 4. The predicted molar refractivity (Wildman–Crippen MR) is 120 cm³/mol. The van der Waals surface area contributed by atoms with Crippen LogP contribution in [0.15, 0.2) is 36.4 Å². The van der Waals surface area contributed by atoms with E-state index in [-0.39, 0.29) is 55.8 Å². The van der Waals surface area contributed by atoms with E-state index in [0.29, 0.717) is 23.3 Å². The van der Waals surface area contributed by atoms with Gasteiger partial charge in [-0.3, -0.25) is 4.79 Å². The first-order valence-corrected chi connectivity index (χ1v) is 11.3. The van der Waals surface area contributed by atoms with Crippen LogP contribution in [0.3, 0.4) is 0 Å². The number of nitriles is 1. The van der Waals surface area contributed by atoms with Gasteiger partial charge >= 0.3 is 6.18 Å². The number of amides is 1. The van der Waals surface area contributed by atoms with Crippen LogP contribution in [-0.2, 0) is 36.9 Å². The molecule has 37 heavy (non-hydrogen) atoms. The summed E-state index contributed by atoms with van der Waals surface area (Å²) in [4.78, 5) is 18.1. The molecule has 2 N–H and O–H groups in total. The molecule has 3 aromatic rings. The monoisotopic (exact) mass is 521 g/mol. The van der Waals surface area contributed by atoms with Gasteiger partial charge in [-0.1, -0.05) is 18.2 Å². The number of rotatable bonds is 6. The minimum Gasteiger partial charge on any atom is -0.335 e. The van der Waals surface area contributed by atoms with Crippen LogP contribution in [0.25, 0.3) is 11.3 Å². The molecule has 0 spiro atoms. The molecule has 0 unspecified atom stereocenters. The second-order valence-electron chi connectivity index (χ2n) is 8.76. The Labute approximate surface area is 207 Å². The van der Waals surface area contributed by atoms with Crippen LogP contribution >= 0.6 is 0 Å². The summed E-state index contributed by atoms with van der Waals surface area (Å²) in [5.74, 6) is -5.15. The smallest absolute Gasteiger partial charge is 0.335 e. The summed E-state index contributed by atoms with van der Waals surface area (Å²) in [6, 6.07) is 8.58. The fourth-order valence-corrected chi connectivity index (χ4v) is 4.38. The van der Waals surface area contributed by atoms with Gasteiger partial charge in [0.2, 0.25) is 11.7 Å². The van der Waals surface area contributed by atoms with E-state index in [1.165, 1.54) is 4.90 Å². The van der Waals surface area contributed by atoms with E-state index < -0.39 is 41.4 Å². The van der Waals surface area contributed by atoms with Gasteiger partial charge in [0, 0.05) is 37.2 Å². The third-order valence-corrected chi connectivity index (χ3v) is 6.10. The third kappa shape index (κ3) is 5.61. The molecular weight excluding hydrogens is 500 g/mol. The highest BCUT2D eigenvalue weighted by molar-refractivity contribution is 5.77. The van der Waals surface area contributed by atoms with E-state index in [2.05, 4.69) is 4.98 Å². The van der Waals surface area contributed by atoms with Gasteiger partial charge in [-0.05, 0) is 29.7 Å². The van der Waals surface area contributed by atoms with Crippen LogP contribution in [0, 0.1) is 28.8 Å². The molecule has 0 bridgehead atoms. The Bertz CT molecular complexity index is 1380. The lowest BCUT2D eigenvalue weighted by molar-refractivity contribution is -0.148. The van der Waals surface area contributed by atoms with E-state index >= 15 is 0 Å². The average molecular weight is 521 g/mol. The van der Waals surface area contributed by atoms with Gasteiger partial charge < -0.3 is 15.2 Å². The van der Waals surface area contributed by atoms with Crippen molar-refractivity contribution >= 4 is 5.91 Å². The van der Waals surface area contributed by atoms with E-state index in [9.17, 15) is 31.1 Å². The zero-order chi connectivity index (χ0) is 26.9. The van der Waals surface area contributed by atoms with Crippen molar-refractivity contribution < 1.29 is 31.1 Å². The molecule has 1 aliphatic heterocycles. The van der Waals surface area contributed by atoms with Crippen molar-refractivity contribution in [2.24, 2.45) is 5.73 Å². The number of halogens is 6. The molecule has 0 radical (unpaired) electrons. The molecule has 0 fully saturated rings. The highest BCUT2D eigenvalue weighted by atomic mass is 19.4. The zero-order valence-corrected chi connectivity index (χ0v) is 19.3. The van der Waals surface area contributed by atoms with E-state index in [0.717, 1.165) is 4.57 Å². The Morgan fingerprint density at radius 2 is 1.84 bits per heavy atom. The maximum Gasteiger partial charge on any atom is 0.449 e. The molecular formula is C25H21F6N5O. The van der Waals surface area contributed by atoms with Gasteiger partial charge in [-0.25, -0.2) is 18.2 Å². The van der Waals surface area contributed by atoms with Gasteiger partial charge in [0.1, 0.15) is 5.82 Å². The Morgan fingerprint density at radius 3 is 2.54 bits per heavy atom. The molecule has 1 amide bonds. The molecule has 6 nitrogen and oxygen atoms in total. The van der Waals surface area contributed by atoms with Crippen LogP contribution in [0.1, 0.15) is 29.1 Å². The predicted octanol–water partition coefficient (Wildman–Crippen LogP) is 4.35. The summed E-state index contributed by atoms with van der Waals surface area (Å²) < 4.78 is 82.8. The third-order valence-electron chi connectivity index (χ3n) is 6.10. The van der Waals surface area contributed by atoms with Gasteiger partial charge in [0.15, 0.2) is 11.6 Å². The van der Waals surface area contributed by atoms with Crippen LogP contribution in [0.4, 0.5) is 26.3 Å². The molecule has 12 heteroatoms. The number of alkyl halides is 3. The highest BCUT2D eigenvalue weighted by Crippen LogP contribution is 2.36. The fraction of sp³-hybridized carbons (Fsp3) is 0.320. The minimum absolute atomic E-state index is 0.0363. The van der Waals surface area contributed by atoms with Gasteiger partial charge in [0.05, 0.1) is 30.4 Å². The summed E-state index contributed by atoms with van der Waals surface area (Å²) >= 11 is 0. The summed E-state index contributed by atoms with van der Waals surface area (Å²) in [6.45, 7) is -0.370. The second-order valence-corrected chi connectivity index (χ2v) is 8.76. The standard InChI is InChI=1S/C25H21F6N5O/c26-18-12-20(28)19(27)10-16(18)9-17(33)11-22(37)35-6-7-36-21(13-35)23(34-24(36)25(29,30)31)15-3-1-2-14(8-15)4-5-32/h1-3,8,10,12,17H,4,6-7,9,11,13,33H2/t17-/m1/s1. The van der Waals surface area contributed by atoms with Crippen molar-refractivity contribution in [3.05, 3.63) is 76.5 Å². The zero-order valence-electron chi connectivity index (χ0n) is 19.3. The first kappa shape index (κ1) is 26.2. The molecule has 194 valence electrons. The molecule has 1 atom stereocenters. The van der Waals surface area contributed by atoms with Crippen molar-refractivity contribution in [2.45, 2.75) is 44.6 Å². The van der Waals surface area contributed by atoms with Gasteiger partial charge in [-0.15, -0.1) is 0 Å². The molecule has 2 aromatic carbocycles. The largest absolute Gasteiger partial charge is 0.449 e. The second kappa shape index (κ2) is 10.3. The summed E-state index contributed by atoms with van der Waals surface area (Å²) in [6.07, 6.45) is -5.18. The molecule has 4 rings (SSSR count). The minimum atomic E-state index is -4.72. The molecule has 0 saturated heterocycles. The van der Waals surface area contributed by atoms with Crippen LogP contribution in [0.5, 0.6) is 0 Å².